The first-order valence-corrected chi connectivity index (χ1v) is 8.26. The van der Waals surface area contributed by atoms with Crippen LogP contribution in [0.5, 0.6) is 5.88 Å². The van der Waals surface area contributed by atoms with Crippen LogP contribution in [-0.2, 0) is 5.41 Å². The van der Waals surface area contributed by atoms with Crippen LogP contribution in [0.3, 0.4) is 0 Å². The van der Waals surface area contributed by atoms with Crippen LogP contribution in [0.15, 0.2) is 10.7 Å². The molecule has 1 aliphatic carbocycles. The van der Waals surface area contributed by atoms with Crippen molar-refractivity contribution in [3.8, 4) is 5.88 Å². The molecule has 0 N–H and O–H groups in total. The lowest BCUT2D eigenvalue weighted by molar-refractivity contribution is 0.0957. The highest BCUT2D eigenvalue weighted by molar-refractivity contribution is 9.10. The molecule has 0 spiro atoms. The molecular formula is C16H25BrN2O. The second-order valence-corrected chi connectivity index (χ2v) is 7.92. The van der Waals surface area contributed by atoms with Gasteiger partial charge in [-0.2, -0.15) is 4.98 Å². The smallest absolute Gasteiger partial charge is 0.218 e. The lowest BCUT2D eigenvalue weighted by Crippen LogP contribution is -2.29. The van der Waals surface area contributed by atoms with E-state index in [1.807, 2.05) is 6.07 Å². The summed E-state index contributed by atoms with van der Waals surface area (Å²) in [6.07, 6.45) is 3.77. The molecule has 4 heteroatoms. The second-order valence-electron chi connectivity index (χ2n) is 7.11. The normalized spacial score (nSPS) is 27.4. The molecule has 1 aliphatic rings. The van der Waals surface area contributed by atoms with Crippen LogP contribution in [0.1, 0.15) is 59.7 Å². The van der Waals surface area contributed by atoms with Gasteiger partial charge in [-0.15, -0.1) is 0 Å². The van der Waals surface area contributed by atoms with Crippen molar-refractivity contribution in [2.24, 2.45) is 11.8 Å². The topological polar surface area (TPSA) is 35.0 Å². The summed E-state index contributed by atoms with van der Waals surface area (Å²) in [6, 6.07) is 1.87. The minimum Gasteiger partial charge on any atom is -0.474 e. The van der Waals surface area contributed by atoms with Gasteiger partial charge in [-0.3, -0.25) is 0 Å². The quantitative estimate of drug-likeness (QED) is 0.729. The van der Waals surface area contributed by atoms with E-state index in [0.717, 1.165) is 35.1 Å². The van der Waals surface area contributed by atoms with E-state index in [2.05, 4.69) is 60.5 Å². The van der Waals surface area contributed by atoms with E-state index >= 15 is 0 Å². The van der Waals surface area contributed by atoms with Crippen LogP contribution in [0.25, 0.3) is 0 Å². The van der Waals surface area contributed by atoms with Gasteiger partial charge in [0.2, 0.25) is 5.88 Å². The molecule has 3 atom stereocenters. The van der Waals surface area contributed by atoms with Crippen molar-refractivity contribution >= 4 is 15.9 Å². The fraction of sp³-hybridized carbons (Fsp3) is 0.750. The van der Waals surface area contributed by atoms with E-state index in [0.29, 0.717) is 5.88 Å². The molecule has 20 heavy (non-hydrogen) atoms. The SMILES string of the molecule is CC1CCC(Oc2cc(Br)nc(C(C)(C)C)n2)CC1C. The zero-order valence-corrected chi connectivity index (χ0v) is 14.7. The maximum Gasteiger partial charge on any atom is 0.218 e. The fourth-order valence-corrected chi connectivity index (χ4v) is 2.93. The van der Waals surface area contributed by atoms with Crippen LogP contribution in [0.4, 0.5) is 0 Å². The molecule has 112 valence electrons. The molecule has 3 unspecified atom stereocenters. The average Bonchev–Trinajstić information content (AvgIpc) is 2.32. The third-order valence-electron chi connectivity index (χ3n) is 4.18. The minimum atomic E-state index is -0.0732. The zero-order chi connectivity index (χ0) is 14.9. The highest BCUT2D eigenvalue weighted by Gasteiger charge is 2.27. The summed E-state index contributed by atoms with van der Waals surface area (Å²) < 4.78 is 6.91. The highest BCUT2D eigenvalue weighted by atomic mass is 79.9. The fourth-order valence-electron chi connectivity index (χ4n) is 2.57. The van der Waals surface area contributed by atoms with Crippen molar-refractivity contribution in [1.82, 2.24) is 9.97 Å². The van der Waals surface area contributed by atoms with Crippen LogP contribution in [0.2, 0.25) is 0 Å². The van der Waals surface area contributed by atoms with Gasteiger partial charge in [0.15, 0.2) is 0 Å². The Morgan fingerprint density at radius 2 is 1.85 bits per heavy atom. The minimum absolute atomic E-state index is 0.0732. The molecular weight excluding hydrogens is 316 g/mol. The summed E-state index contributed by atoms with van der Waals surface area (Å²) in [5, 5.41) is 0. The number of hydrogen-bond donors (Lipinski definition) is 0. The second kappa shape index (κ2) is 6.00. The third-order valence-corrected chi connectivity index (χ3v) is 4.59. The Morgan fingerprint density at radius 1 is 1.15 bits per heavy atom. The first-order chi connectivity index (χ1) is 9.25. The molecule has 1 aromatic heterocycles. The summed E-state index contributed by atoms with van der Waals surface area (Å²) in [6.45, 7) is 11.0. The van der Waals surface area contributed by atoms with Crippen LogP contribution >= 0.6 is 15.9 Å². The number of rotatable bonds is 2. The molecule has 0 bridgehead atoms. The summed E-state index contributed by atoms with van der Waals surface area (Å²) in [4.78, 5) is 9.03. The third kappa shape index (κ3) is 3.94. The van der Waals surface area contributed by atoms with Gasteiger partial charge >= 0.3 is 0 Å². The van der Waals surface area contributed by atoms with Crippen LogP contribution < -0.4 is 4.74 Å². The summed E-state index contributed by atoms with van der Waals surface area (Å²) in [5.74, 6) is 3.04. The Bertz CT molecular complexity index is 470. The van der Waals surface area contributed by atoms with Crippen molar-refractivity contribution in [2.45, 2.75) is 65.4 Å². The Kier molecular flexibility index (Phi) is 4.73. The average molecular weight is 341 g/mol. The number of halogens is 1. The predicted molar refractivity (Wildman–Crippen MR) is 85.0 cm³/mol. The van der Waals surface area contributed by atoms with Gasteiger partial charge < -0.3 is 4.74 Å². The molecule has 0 aromatic carbocycles. The van der Waals surface area contributed by atoms with Gasteiger partial charge in [0, 0.05) is 11.5 Å². The van der Waals surface area contributed by atoms with Gasteiger partial charge in [-0.1, -0.05) is 34.6 Å². The van der Waals surface area contributed by atoms with Crippen molar-refractivity contribution < 1.29 is 4.74 Å². The van der Waals surface area contributed by atoms with Gasteiger partial charge in [-0.05, 0) is 47.0 Å². The zero-order valence-electron chi connectivity index (χ0n) is 13.1. The van der Waals surface area contributed by atoms with Crippen molar-refractivity contribution in [3.63, 3.8) is 0 Å². The lowest BCUT2D eigenvalue weighted by atomic mass is 9.80. The van der Waals surface area contributed by atoms with E-state index in [9.17, 15) is 0 Å². The summed E-state index contributed by atoms with van der Waals surface area (Å²) in [7, 11) is 0. The van der Waals surface area contributed by atoms with E-state index < -0.39 is 0 Å². The van der Waals surface area contributed by atoms with Crippen molar-refractivity contribution in [2.75, 3.05) is 0 Å². The molecule has 1 fully saturated rings. The molecule has 3 nitrogen and oxygen atoms in total. The van der Waals surface area contributed by atoms with E-state index in [1.54, 1.807) is 0 Å². The Morgan fingerprint density at radius 3 is 2.45 bits per heavy atom. The van der Waals surface area contributed by atoms with Crippen LogP contribution in [0, 0.1) is 11.8 Å². The number of aromatic nitrogens is 2. The number of nitrogens with zero attached hydrogens (tertiary/aromatic N) is 2. The first-order valence-electron chi connectivity index (χ1n) is 7.47. The molecule has 0 saturated heterocycles. The maximum absolute atomic E-state index is 6.11. The monoisotopic (exact) mass is 340 g/mol. The molecule has 1 saturated carbocycles. The van der Waals surface area contributed by atoms with Gasteiger partial charge in [-0.25, -0.2) is 4.98 Å². The number of ether oxygens (including phenoxy) is 1. The Hall–Kier alpha value is -0.640. The molecule has 0 amide bonds. The van der Waals surface area contributed by atoms with E-state index in [4.69, 9.17) is 4.74 Å². The first kappa shape index (κ1) is 15.7. The molecule has 0 radical (unpaired) electrons. The molecule has 0 aliphatic heterocycles. The summed E-state index contributed by atoms with van der Waals surface area (Å²) in [5.41, 5.74) is -0.0732. The summed E-state index contributed by atoms with van der Waals surface area (Å²) >= 11 is 3.46. The Balaban J connectivity index is 2.12. The lowest BCUT2D eigenvalue weighted by Gasteiger charge is -2.32. The molecule has 1 aromatic rings. The van der Waals surface area contributed by atoms with E-state index in [1.165, 1.54) is 6.42 Å². The molecule has 2 rings (SSSR count). The van der Waals surface area contributed by atoms with Gasteiger partial charge in [0.1, 0.15) is 16.5 Å². The maximum atomic E-state index is 6.11. The van der Waals surface area contributed by atoms with Gasteiger partial charge in [0.05, 0.1) is 0 Å². The highest BCUT2D eigenvalue weighted by Crippen LogP contribution is 2.32. The Labute approximate surface area is 130 Å². The molecule has 1 heterocycles. The van der Waals surface area contributed by atoms with Crippen LogP contribution in [-0.4, -0.2) is 16.1 Å². The van der Waals surface area contributed by atoms with Crippen molar-refractivity contribution in [3.05, 3.63) is 16.5 Å². The van der Waals surface area contributed by atoms with E-state index in [-0.39, 0.29) is 11.5 Å². The van der Waals surface area contributed by atoms with Gasteiger partial charge in [0.25, 0.3) is 0 Å². The predicted octanol–water partition coefficient (Wildman–Crippen LogP) is 4.74. The number of hydrogen-bond acceptors (Lipinski definition) is 3. The van der Waals surface area contributed by atoms with Crippen molar-refractivity contribution in [1.29, 1.82) is 0 Å². The standard InChI is InChI=1S/C16H25BrN2O/c1-10-6-7-12(8-11(10)2)20-14-9-13(17)18-15(19-14)16(3,4)5/h9-12H,6-8H2,1-5H3. The largest absolute Gasteiger partial charge is 0.474 e.